The number of nitrogens with zero attached hydrogens (tertiary/aromatic N) is 1. The van der Waals surface area contributed by atoms with E-state index in [1.807, 2.05) is 0 Å². The molecular weight excluding hydrogens is 161 g/mol. The van der Waals surface area contributed by atoms with Gasteiger partial charge in [-0.3, -0.25) is 4.79 Å². The van der Waals surface area contributed by atoms with Crippen molar-refractivity contribution < 1.29 is 14.0 Å². The molecule has 0 heterocycles. The van der Waals surface area contributed by atoms with Crippen molar-refractivity contribution in [2.75, 3.05) is 12.2 Å². The Morgan fingerprint density at radius 1 is 1.58 bits per heavy atom. The summed E-state index contributed by atoms with van der Waals surface area (Å²) in [5, 5.41) is -0.136. The molecule has 4 heteroatoms. The zero-order valence-electron chi connectivity index (χ0n) is 6.45. The summed E-state index contributed by atoms with van der Waals surface area (Å²) < 4.78 is 17.4. The smallest absolute Gasteiger partial charge is 0.347 e. The molecule has 0 saturated carbocycles. The van der Waals surface area contributed by atoms with Crippen LogP contribution in [0.1, 0.15) is 0 Å². The molecule has 1 radical (unpaired) electrons. The van der Waals surface area contributed by atoms with Gasteiger partial charge >= 0.3 is 6.41 Å². The van der Waals surface area contributed by atoms with E-state index in [4.69, 9.17) is 4.74 Å². The van der Waals surface area contributed by atoms with Crippen LogP contribution in [0.2, 0.25) is 0 Å². The molecule has 0 aliphatic rings. The Balaban J connectivity index is 2.93. The number of anilines is 1. The number of halogens is 1. The summed E-state index contributed by atoms with van der Waals surface area (Å²) in [6, 6.07) is 6.07. The molecule has 0 spiro atoms. The van der Waals surface area contributed by atoms with Crippen LogP contribution in [0.3, 0.4) is 0 Å². The molecule has 0 saturated heterocycles. The Morgan fingerprint density at radius 2 is 2.33 bits per heavy atom. The standard InChI is InChI=1S/C8H7FNO2/c1-12-8-4-2-3-7(5-8)10(9)6-11/h2-5H,1H3. The van der Waals surface area contributed by atoms with Crippen molar-refractivity contribution in [2.24, 2.45) is 0 Å². The van der Waals surface area contributed by atoms with Crippen LogP contribution in [0, 0.1) is 0 Å². The van der Waals surface area contributed by atoms with Gasteiger partial charge in [-0.1, -0.05) is 10.5 Å². The number of benzene rings is 1. The van der Waals surface area contributed by atoms with E-state index in [0.717, 1.165) is 6.41 Å². The van der Waals surface area contributed by atoms with E-state index in [2.05, 4.69) is 0 Å². The number of hydrogen-bond acceptors (Lipinski definition) is 2. The fourth-order valence-corrected chi connectivity index (χ4v) is 0.785. The van der Waals surface area contributed by atoms with Crippen LogP contribution < -0.4 is 9.86 Å². The van der Waals surface area contributed by atoms with Crippen LogP contribution in [0.25, 0.3) is 0 Å². The third kappa shape index (κ3) is 1.72. The predicted octanol–water partition coefficient (Wildman–Crippen LogP) is 1.45. The first-order valence-electron chi connectivity index (χ1n) is 3.25. The minimum absolute atomic E-state index is 0.101. The van der Waals surface area contributed by atoms with Gasteiger partial charge in [-0.25, -0.2) is 0 Å². The highest BCUT2D eigenvalue weighted by atomic mass is 19.2. The molecule has 0 aromatic heterocycles. The average Bonchev–Trinajstić information content (AvgIpc) is 2.17. The lowest BCUT2D eigenvalue weighted by Gasteiger charge is -2.05. The monoisotopic (exact) mass is 168 g/mol. The second kappa shape index (κ2) is 3.71. The number of rotatable bonds is 3. The van der Waals surface area contributed by atoms with Crippen molar-refractivity contribution in [2.45, 2.75) is 0 Å². The second-order valence-corrected chi connectivity index (χ2v) is 2.07. The van der Waals surface area contributed by atoms with E-state index >= 15 is 0 Å². The Morgan fingerprint density at radius 3 is 2.92 bits per heavy atom. The first-order valence-corrected chi connectivity index (χ1v) is 3.25. The summed E-state index contributed by atoms with van der Waals surface area (Å²) in [7, 11) is 1.46. The molecule has 1 aromatic rings. The minimum atomic E-state index is -0.136. The Bertz CT molecular complexity index is 278. The normalized spacial score (nSPS) is 9.17. The van der Waals surface area contributed by atoms with Crippen molar-refractivity contribution >= 4 is 12.1 Å². The summed E-state index contributed by atoms with van der Waals surface area (Å²) in [5.74, 6) is 0.491. The van der Waals surface area contributed by atoms with Gasteiger partial charge in [0.1, 0.15) is 5.75 Å². The van der Waals surface area contributed by atoms with Gasteiger partial charge in [0.05, 0.1) is 12.8 Å². The molecule has 3 nitrogen and oxygen atoms in total. The average molecular weight is 168 g/mol. The van der Waals surface area contributed by atoms with Crippen LogP contribution in [0.15, 0.2) is 24.3 Å². The molecule has 0 fully saturated rings. The molecule has 0 bridgehead atoms. The van der Waals surface area contributed by atoms with Crippen molar-refractivity contribution in [3.8, 4) is 5.75 Å². The van der Waals surface area contributed by atoms with E-state index in [-0.39, 0.29) is 10.8 Å². The maximum atomic E-state index is 12.5. The van der Waals surface area contributed by atoms with Gasteiger partial charge in [-0.05, 0) is 12.1 Å². The summed E-state index contributed by atoms with van der Waals surface area (Å²) >= 11 is 0. The maximum absolute atomic E-state index is 12.5. The van der Waals surface area contributed by atoms with Crippen molar-refractivity contribution in [3.05, 3.63) is 24.3 Å². The molecule has 0 aliphatic heterocycles. The summed E-state index contributed by atoms with van der Waals surface area (Å²) in [5.41, 5.74) is 0.101. The molecule has 0 unspecified atom stereocenters. The van der Waals surface area contributed by atoms with Gasteiger partial charge in [0.25, 0.3) is 0 Å². The van der Waals surface area contributed by atoms with Crippen LogP contribution >= 0.6 is 0 Å². The molecule has 0 N–H and O–H groups in total. The first-order chi connectivity index (χ1) is 5.77. The molecule has 12 heavy (non-hydrogen) atoms. The van der Waals surface area contributed by atoms with Gasteiger partial charge in [0, 0.05) is 6.07 Å². The largest absolute Gasteiger partial charge is 0.497 e. The number of methoxy groups -OCH3 is 1. The number of ether oxygens (including phenoxy) is 1. The van der Waals surface area contributed by atoms with Gasteiger partial charge < -0.3 is 4.74 Å². The van der Waals surface area contributed by atoms with E-state index < -0.39 is 0 Å². The molecule has 1 amide bonds. The van der Waals surface area contributed by atoms with Crippen molar-refractivity contribution in [1.82, 2.24) is 0 Å². The summed E-state index contributed by atoms with van der Waals surface area (Å²) in [6.45, 7) is 0. The molecule has 0 atom stereocenters. The van der Waals surface area contributed by atoms with Crippen molar-refractivity contribution in [3.63, 3.8) is 0 Å². The van der Waals surface area contributed by atoms with E-state index in [0.29, 0.717) is 5.75 Å². The quantitative estimate of drug-likeness (QED) is 0.505. The zero-order chi connectivity index (χ0) is 8.97. The highest BCUT2D eigenvalue weighted by Gasteiger charge is 2.04. The number of amides is 1. The molecule has 1 rings (SSSR count). The zero-order valence-corrected chi connectivity index (χ0v) is 6.45. The third-order valence-corrected chi connectivity index (χ3v) is 1.36. The minimum Gasteiger partial charge on any atom is -0.497 e. The lowest BCUT2D eigenvalue weighted by atomic mass is 10.3. The van der Waals surface area contributed by atoms with Crippen LogP contribution in [0.5, 0.6) is 5.75 Å². The van der Waals surface area contributed by atoms with Crippen molar-refractivity contribution in [1.29, 1.82) is 0 Å². The van der Waals surface area contributed by atoms with Gasteiger partial charge in [-0.15, -0.1) is 5.12 Å². The Kier molecular flexibility index (Phi) is 2.63. The van der Waals surface area contributed by atoms with Crippen LogP contribution in [-0.2, 0) is 4.79 Å². The molecule has 0 aliphatic carbocycles. The van der Waals surface area contributed by atoms with Gasteiger partial charge in [-0.2, -0.15) is 0 Å². The van der Waals surface area contributed by atoms with Gasteiger partial charge in [0.15, 0.2) is 0 Å². The number of hydrogen-bond donors (Lipinski definition) is 0. The maximum Gasteiger partial charge on any atom is 0.347 e. The van der Waals surface area contributed by atoms with E-state index in [1.165, 1.54) is 19.2 Å². The van der Waals surface area contributed by atoms with E-state index in [1.54, 1.807) is 12.1 Å². The third-order valence-electron chi connectivity index (χ3n) is 1.36. The SMILES string of the molecule is COc1cccc(N(F)[C]=O)c1. The lowest BCUT2D eigenvalue weighted by molar-refractivity contribution is 0.413. The van der Waals surface area contributed by atoms with Gasteiger partial charge in [0.2, 0.25) is 0 Å². The summed E-state index contributed by atoms with van der Waals surface area (Å²) in [6.07, 6.45) is 1.09. The first kappa shape index (κ1) is 8.52. The highest BCUT2D eigenvalue weighted by molar-refractivity contribution is 5.72. The fraction of sp³-hybridized carbons (Fsp3) is 0.125. The molecule has 1 aromatic carbocycles. The fourth-order valence-electron chi connectivity index (χ4n) is 0.785. The topological polar surface area (TPSA) is 29.5 Å². The van der Waals surface area contributed by atoms with Crippen LogP contribution in [-0.4, -0.2) is 13.5 Å². The predicted molar refractivity (Wildman–Crippen MR) is 42.3 cm³/mol. The van der Waals surface area contributed by atoms with Crippen LogP contribution in [0.4, 0.5) is 10.2 Å². The molecule has 63 valence electrons. The second-order valence-electron chi connectivity index (χ2n) is 2.07. The summed E-state index contributed by atoms with van der Waals surface area (Å²) in [4.78, 5) is 9.89. The van der Waals surface area contributed by atoms with E-state index in [9.17, 15) is 9.28 Å². The lowest BCUT2D eigenvalue weighted by Crippen LogP contribution is -2.07. The Hall–Kier alpha value is -1.58. The number of carbonyl (C=O) groups excluding carboxylic acids is 1. The Labute approximate surface area is 69.3 Å². The molecular formula is C8H7FNO2. The highest BCUT2D eigenvalue weighted by Crippen LogP contribution is 2.19.